The second-order valence-electron chi connectivity index (χ2n) is 7.05. The second kappa shape index (κ2) is 7.63. The summed E-state index contributed by atoms with van der Waals surface area (Å²) in [5.41, 5.74) is 0.642. The standard InChI is InChI=1S/C19H23F2N3O3S/c1-13(14-6-7-16(20)17(21)10-14)23(3)19(25)18-11-15(12-22(18)2)28(26,27)24-8-4-5-9-24/h6-7,10-13H,4-5,8-9H2,1-3H3. The first-order valence-electron chi connectivity index (χ1n) is 9.01. The van der Waals surface area contributed by atoms with E-state index in [1.54, 1.807) is 14.0 Å². The Morgan fingerprint density at radius 1 is 1.14 bits per heavy atom. The van der Waals surface area contributed by atoms with Gasteiger partial charge in [-0.2, -0.15) is 4.31 Å². The van der Waals surface area contributed by atoms with Gasteiger partial charge >= 0.3 is 0 Å². The smallest absolute Gasteiger partial charge is 0.270 e. The summed E-state index contributed by atoms with van der Waals surface area (Å²) in [6.07, 6.45) is 3.08. The lowest BCUT2D eigenvalue weighted by atomic mass is 10.1. The van der Waals surface area contributed by atoms with Crippen molar-refractivity contribution in [3.8, 4) is 0 Å². The van der Waals surface area contributed by atoms with Crippen molar-refractivity contribution in [3.63, 3.8) is 0 Å². The fraction of sp³-hybridized carbons (Fsp3) is 0.421. The molecule has 9 heteroatoms. The van der Waals surface area contributed by atoms with E-state index in [1.807, 2.05) is 0 Å². The van der Waals surface area contributed by atoms with Crippen molar-refractivity contribution >= 4 is 15.9 Å². The molecule has 0 N–H and O–H groups in total. The summed E-state index contributed by atoms with van der Waals surface area (Å²) in [6.45, 7) is 2.65. The van der Waals surface area contributed by atoms with E-state index in [0.717, 1.165) is 25.0 Å². The highest BCUT2D eigenvalue weighted by Crippen LogP contribution is 2.26. The molecule has 1 aliphatic heterocycles. The number of aromatic nitrogens is 1. The minimum absolute atomic E-state index is 0.0779. The summed E-state index contributed by atoms with van der Waals surface area (Å²) in [4.78, 5) is 14.4. The molecule has 2 aromatic rings. The highest BCUT2D eigenvalue weighted by Gasteiger charge is 2.30. The third-order valence-corrected chi connectivity index (χ3v) is 7.09. The zero-order valence-corrected chi connectivity index (χ0v) is 16.8. The predicted octanol–water partition coefficient (Wildman–Crippen LogP) is 2.92. The molecule has 0 bridgehead atoms. The van der Waals surface area contributed by atoms with Gasteiger partial charge in [-0.25, -0.2) is 17.2 Å². The Morgan fingerprint density at radius 2 is 1.79 bits per heavy atom. The van der Waals surface area contributed by atoms with Crippen LogP contribution in [-0.4, -0.2) is 48.2 Å². The van der Waals surface area contributed by atoms with Crippen LogP contribution in [0.5, 0.6) is 0 Å². The first-order valence-corrected chi connectivity index (χ1v) is 10.5. The number of carbonyl (C=O) groups is 1. The van der Waals surface area contributed by atoms with Crippen molar-refractivity contribution in [2.45, 2.75) is 30.7 Å². The Morgan fingerprint density at radius 3 is 2.39 bits per heavy atom. The lowest BCUT2D eigenvalue weighted by Crippen LogP contribution is -2.31. The molecule has 3 rings (SSSR count). The summed E-state index contributed by atoms with van der Waals surface area (Å²) < 4.78 is 55.0. The van der Waals surface area contributed by atoms with E-state index in [0.29, 0.717) is 18.7 Å². The zero-order chi connectivity index (χ0) is 20.6. The number of amides is 1. The van der Waals surface area contributed by atoms with Crippen LogP contribution in [0.3, 0.4) is 0 Å². The van der Waals surface area contributed by atoms with Crippen LogP contribution in [0.25, 0.3) is 0 Å². The van der Waals surface area contributed by atoms with E-state index in [4.69, 9.17) is 0 Å². The summed E-state index contributed by atoms with van der Waals surface area (Å²) >= 11 is 0. The van der Waals surface area contributed by atoms with Gasteiger partial charge in [0.2, 0.25) is 10.0 Å². The van der Waals surface area contributed by atoms with E-state index in [2.05, 4.69) is 0 Å². The third kappa shape index (κ3) is 3.68. The van der Waals surface area contributed by atoms with Gasteiger partial charge in [0.25, 0.3) is 5.91 Å². The number of carbonyl (C=O) groups excluding carboxylic acids is 1. The average molecular weight is 411 g/mol. The number of hydrogen-bond donors (Lipinski definition) is 0. The minimum Gasteiger partial charge on any atom is -0.345 e. The summed E-state index contributed by atoms with van der Waals surface area (Å²) in [5, 5.41) is 0. The number of halogens is 2. The number of hydrogen-bond acceptors (Lipinski definition) is 3. The van der Waals surface area contributed by atoms with E-state index >= 15 is 0 Å². The summed E-state index contributed by atoms with van der Waals surface area (Å²) in [5.74, 6) is -2.35. The molecule has 6 nitrogen and oxygen atoms in total. The van der Waals surface area contributed by atoms with Crippen LogP contribution in [0.1, 0.15) is 41.9 Å². The molecular formula is C19H23F2N3O3S. The Bertz CT molecular complexity index is 998. The minimum atomic E-state index is -3.63. The second-order valence-corrected chi connectivity index (χ2v) is 8.99. The molecule has 2 heterocycles. The fourth-order valence-electron chi connectivity index (χ4n) is 3.32. The third-order valence-electron chi connectivity index (χ3n) is 5.23. The molecule has 1 aromatic carbocycles. The maximum Gasteiger partial charge on any atom is 0.270 e. The highest BCUT2D eigenvalue weighted by molar-refractivity contribution is 7.89. The normalized spacial score (nSPS) is 16.3. The maximum atomic E-state index is 13.5. The van der Waals surface area contributed by atoms with Crippen molar-refractivity contribution in [1.82, 2.24) is 13.8 Å². The molecule has 1 amide bonds. The molecular weight excluding hydrogens is 388 g/mol. The molecule has 1 atom stereocenters. The summed E-state index contributed by atoms with van der Waals surface area (Å²) in [6, 6.07) is 4.32. The largest absolute Gasteiger partial charge is 0.345 e. The van der Waals surface area contributed by atoms with Gasteiger partial charge in [0, 0.05) is 33.4 Å². The zero-order valence-electron chi connectivity index (χ0n) is 16.0. The van der Waals surface area contributed by atoms with Gasteiger partial charge in [-0.3, -0.25) is 4.79 Å². The molecule has 28 heavy (non-hydrogen) atoms. The van der Waals surface area contributed by atoms with E-state index in [1.165, 1.54) is 39.1 Å². The van der Waals surface area contributed by atoms with Crippen LogP contribution in [0.15, 0.2) is 35.4 Å². The molecule has 0 saturated carbocycles. The van der Waals surface area contributed by atoms with Gasteiger partial charge in [-0.05, 0) is 43.5 Å². The monoisotopic (exact) mass is 411 g/mol. The Balaban J connectivity index is 1.85. The van der Waals surface area contributed by atoms with Gasteiger partial charge in [0.15, 0.2) is 11.6 Å². The Hall–Kier alpha value is -2.26. The molecule has 0 spiro atoms. The lowest BCUT2D eigenvalue weighted by molar-refractivity contribution is 0.0732. The quantitative estimate of drug-likeness (QED) is 0.760. The first kappa shape index (κ1) is 20.5. The Labute approximate surface area is 163 Å². The molecule has 0 radical (unpaired) electrons. The SMILES string of the molecule is CC(c1ccc(F)c(F)c1)N(C)C(=O)c1cc(S(=O)(=O)N2CCCC2)cn1C. The predicted molar refractivity (Wildman–Crippen MR) is 100 cm³/mol. The average Bonchev–Trinajstić information content (AvgIpc) is 3.32. The maximum absolute atomic E-state index is 13.5. The van der Waals surface area contributed by atoms with Crippen molar-refractivity contribution < 1.29 is 22.0 Å². The molecule has 152 valence electrons. The molecule has 1 aliphatic rings. The number of sulfonamides is 1. The van der Waals surface area contributed by atoms with E-state index in [-0.39, 0.29) is 10.6 Å². The van der Waals surface area contributed by atoms with Gasteiger partial charge in [-0.1, -0.05) is 6.07 Å². The van der Waals surface area contributed by atoms with Gasteiger partial charge in [-0.15, -0.1) is 0 Å². The van der Waals surface area contributed by atoms with Gasteiger partial charge in [0.05, 0.1) is 6.04 Å². The van der Waals surface area contributed by atoms with Crippen LogP contribution < -0.4 is 0 Å². The van der Waals surface area contributed by atoms with Crippen molar-refractivity contribution in [2.24, 2.45) is 7.05 Å². The van der Waals surface area contributed by atoms with Crippen molar-refractivity contribution in [1.29, 1.82) is 0 Å². The van der Waals surface area contributed by atoms with Gasteiger partial charge in [0.1, 0.15) is 10.6 Å². The first-order chi connectivity index (χ1) is 13.1. The van der Waals surface area contributed by atoms with Crippen LogP contribution in [0.2, 0.25) is 0 Å². The fourth-order valence-corrected chi connectivity index (χ4v) is 4.91. The van der Waals surface area contributed by atoms with Crippen LogP contribution in [-0.2, 0) is 17.1 Å². The molecule has 1 saturated heterocycles. The molecule has 1 fully saturated rings. The topological polar surface area (TPSA) is 62.6 Å². The van der Waals surface area contributed by atoms with E-state index < -0.39 is 33.6 Å². The molecule has 0 aliphatic carbocycles. The van der Waals surface area contributed by atoms with Crippen molar-refractivity contribution in [3.05, 3.63) is 53.4 Å². The van der Waals surface area contributed by atoms with Crippen molar-refractivity contribution in [2.75, 3.05) is 20.1 Å². The molecule has 1 aromatic heterocycles. The highest BCUT2D eigenvalue weighted by atomic mass is 32.2. The van der Waals surface area contributed by atoms with Crippen LogP contribution in [0, 0.1) is 11.6 Å². The van der Waals surface area contributed by atoms with Gasteiger partial charge < -0.3 is 9.47 Å². The number of nitrogens with zero attached hydrogens (tertiary/aromatic N) is 3. The van der Waals surface area contributed by atoms with Crippen LogP contribution >= 0.6 is 0 Å². The number of benzene rings is 1. The lowest BCUT2D eigenvalue weighted by Gasteiger charge is -2.25. The number of rotatable bonds is 5. The summed E-state index contributed by atoms with van der Waals surface area (Å²) in [7, 11) is -0.491. The van der Waals surface area contributed by atoms with Crippen LogP contribution in [0.4, 0.5) is 8.78 Å². The molecule has 1 unspecified atom stereocenters. The number of aryl methyl sites for hydroxylation is 1. The van der Waals surface area contributed by atoms with E-state index in [9.17, 15) is 22.0 Å². The Kier molecular flexibility index (Phi) is 5.58.